The van der Waals surface area contributed by atoms with Crippen LogP contribution in [0.4, 0.5) is 11.4 Å². The molecule has 2 aromatic heterocycles. The highest BCUT2D eigenvalue weighted by Gasteiger charge is 2.34. The van der Waals surface area contributed by atoms with Gasteiger partial charge in [-0.2, -0.15) is 0 Å². The first-order chi connectivity index (χ1) is 20.9. The summed E-state index contributed by atoms with van der Waals surface area (Å²) in [5.41, 5.74) is 5.23. The Morgan fingerprint density at radius 1 is 0.907 bits per heavy atom. The number of nitrogens with zero attached hydrogens (tertiary/aromatic N) is 3. The molecular weight excluding hydrogens is 544 g/mol. The predicted molar refractivity (Wildman–Crippen MR) is 166 cm³/mol. The van der Waals surface area contributed by atoms with Crippen LogP contribution in [-0.2, 0) is 27.2 Å². The van der Waals surface area contributed by atoms with Crippen LogP contribution in [0.1, 0.15) is 42.3 Å². The zero-order chi connectivity index (χ0) is 30.0. The van der Waals surface area contributed by atoms with Gasteiger partial charge >= 0.3 is 0 Å². The molecule has 1 saturated heterocycles. The SMILES string of the molecule is C[C@@H](CNc1ccc(/C=C/c2ccc(NC(=O)[C@@H]3CCCN3C(=O)Cc3cnc[nH]3)cc2)cc1)NC(=O)Cc1cnc[nH]1. The molecule has 0 spiro atoms. The summed E-state index contributed by atoms with van der Waals surface area (Å²) in [5.74, 6) is -0.298. The van der Waals surface area contributed by atoms with Crippen LogP contribution in [0.3, 0.4) is 0 Å². The summed E-state index contributed by atoms with van der Waals surface area (Å²) in [6.45, 7) is 3.14. The fourth-order valence-corrected chi connectivity index (χ4v) is 4.99. The number of hydrogen-bond donors (Lipinski definition) is 5. The molecule has 0 unspecified atom stereocenters. The van der Waals surface area contributed by atoms with E-state index in [0.29, 0.717) is 25.2 Å². The van der Waals surface area contributed by atoms with Gasteiger partial charge in [0.2, 0.25) is 17.7 Å². The Morgan fingerprint density at radius 2 is 1.51 bits per heavy atom. The largest absolute Gasteiger partial charge is 0.383 e. The van der Waals surface area contributed by atoms with Gasteiger partial charge in [-0.15, -0.1) is 0 Å². The van der Waals surface area contributed by atoms with Crippen molar-refractivity contribution in [2.45, 2.75) is 44.7 Å². The van der Waals surface area contributed by atoms with Gasteiger partial charge in [0.05, 0.1) is 25.5 Å². The summed E-state index contributed by atoms with van der Waals surface area (Å²) in [7, 11) is 0. The van der Waals surface area contributed by atoms with Gasteiger partial charge in [0.1, 0.15) is 6.04 Å². The average molecular weight is 581 g/mol. The maximum Gasteiger partial charge on any atom is 0.247 e. The summed E-state index contributed by atoms with van der Waals surface area (Å²) < 4.78 is 0. The number of aromatic nitrogens is 4. The Morgan fingerprint density at radius 3 is 2.12 bits per heavy atom. The molecular formula is C32H36N8O3. The van der Waals surface area contributed by atoms with E-state index < -0.39 is 6.04 Å². The van der Waals surface area contributed by atoms with Crippen molar-refractivity contribution in [3.63, 3.8) is 0 Å². The van der Waals surface area contributed by atoms with Gasteiger partial charge < -0.3 is 30.8 Å². The first kappa shape index (κ1) is 29.3. The molecule has 1 aliphatic heterocycles. The fraction of sp³-hybridized carbons (Fsp3) is 0.281. The number of nitrogens with one attached hydrogen (secondary N) is 5. The predicted octanol–water partition coefficient (Wildman–Crippen LogP) is 3.63. The van der Waals surface area contributed by atoms with Gasteiger partial charge in [-0.25, -0.2) is 9.97 Å². The third kappa shape index (κ3) is 8.41. The molecule has 1 aliphatic rings. The van der Waals surface area contributed by atoms with Crippen LogP contribution in [0, 0.1) is 0 Å². The van der Waals surface area contributed by atoms with E-state index in [4.69, 9.17) is 0 Å². The minimum Gasteiger partial charge on any atom is -0.383 e. The lowest BCUT2D eigenvalue weighted by atomic mass is 10.1. The van der Waals surface area contributed by atoms with Crippen LogP contribution in [0.25, 0.3) is 12.2 Å². The van der Waals surface area contributed by atoms with Crippen LogP contribution < -0.4 is 16.0 Å². The molecule has 0 radical (unpaired) electrons. The molecule has 11 nitrogen and oxygen atoms in total. The Hall–Kier alpha value is -5.19. The van der Waals surface area contributed by atoms with Crippen LogP contribution in [0.15, 0.2) is 73.6 Å². The van der Waals surface area contributed by atoms with Crippen LogP contribution in [0.2, 0.25) is 0 Å². The lowest BCUT2D eigenvalue weighted by molar-refractivity contribution is -0.136. The molecule has 0 aliphatic carbocycles. The molecule has 5 rings (SSSR count). The van der Waals surface area contributed by atoms with E-state index in [2.05, 4.69) is 35.9 Å². The van der Waals surface area contributed by atoms with Crippen LogP contribution >= 0.6 is 0 Å². The number of carbonyl (C=O) groups is 3. The number of benzene rings is 2. The standard InChI is InChI=1S/C32H36N8O3/c1-22(38-30(41)15-27-18-33-20-36-27)17-35-25-10-6-23(7-11-25)4-5-24-8-12-26(13-9-24)39-32(43)29-3-2-14-40(29)31(42)16-28-19-34-21-37-28/h4-13,18-22,29,35H,2-3,14-17H2,1H3,(H,33,36)(H,34,37)(H,38,41)(H,39,43)/b5-4+/t22-,29-/m0/s1. The number of rotatable bonds is 12. The molecule has 3 heterocycles. The maximum absolute atomic E-state index is 13.0. The number of carbonyl (C=O) groups excluding carboxylic acids is 3. The quantitative estimate of drug-likeness (QED) is 0.162. The van der Waals surface area contributed by atoms with Crippen molar-refractivity contribution >= 4 is 41.2 Å². The highest BCUT2D eigenvalue weighted by molar-refractivity contribution is 5.97. The van der Waals surface area contributed by atoms with Crippen molar-refractivity contribution in [3.05, 3.63) is 96.1 Å². The summed E-state index contributed by atoms with van der Waals surface area (Å²) in [6.07, 6.45) is 12.4. The monoisotopic (exact) mass is 580 g/mol. The van der Waals surface area contributed by atoms with Crippen molar-refractivity contribution in [1.29, 1.82) is 0 Å². The smallest absolute Gasteiger partial charge is 0.247 e. The van der Waals surface area contributed by atoms with Gasteiger partial charge in [0, 0.05) is 54.3 Å². The molecule has 2 aromatic carbocycles. The molecule has 5 N–H and O–H groups in total. The van der Waals surface area contributed by atoms with Gasteiger partial charge in [-0.05, 0) is 55.2 Å². The lowest BCUT2D eigenvalue weighted by Gasteiger charge is -2.23. The Labute approximate surface area is 250 Å². The first-order valence-electron chi connectivity index (χ1n) is 14.4. The topological polar surface area (TPSA) is 148 Å². The Bertz CT molecular complexity index is 1510. The maximum atomic E-state index is 13.0. The summed E-state index contributed by atoms with van der Waals surface area (Å²) in [4.78, 5) is 53.3. The van der Waals surface area contributed by atoms with Crippen LogP contribution in [-0.4, -0.2) is 67.7 Å². The molecule has 4 aromatic rings. The lowest BCUT2D eigenvalue weighted by Crippen LogP contribution is -2.43. The molecule has 43 heavy (non-hydrogen) atoms. The van der Waals surface area contributed by atoms with Gasteiger partial charge in [0.25, 0.3) is 0 Å². The molecule has 1 fully saturated rings. The number of imidazole rings is 2. The highest BCUT2D eigenvalue weighted by Crippen LogP contribution is 2.21. The Kier molecular flexibility index (Phi) is 9.63. The van der Waals surface area contributed by atoms with Crippen molar-refractivity contribution in [1.82, 2.24) is 30.2 Å². The van der Waals surface area contributed by atoms with E-state index in [0.717, 1.165) is 34.6 Å². The fourth-order valence-electron chi connectivity index (χ4n) is 4.99. The zero-order valence-electron chi connectivity index (χ0n) is 24.0. The minimum atomic E-state index is -0.470. The third-order valence-electron chi connectivity index (χ3n) is 7.26. The molecule has 3 amide bonds. The first-order valence-corrected chi connectivity index (χ1v) is 14.4. The van der Waals surface area contributed by atoms with Gasteiger partial charge in [-0.1, -0.05) is 36.4 Å². The van der Waals surface area contributed by atoms with E-state index in [1.54, 1.807) is 29.9 Å². The summed E-state index contributed by atoms with van der Waals surface area (Å²) >= 11 is 0. The molecule has 0 saturated carbocycles. The van der Waals surface area contributed by atoms with Gasteiger partial charge in [-0.3, -0.25) is 14.4 Å². The van der Waals surface area contributed by atoms with Crippen molar-refractivity contribution in [2.75, 3.05) is 23.7 Å². The minimum absolute atomic E-state index is 0.0325. The highest BCUT2D eigenvalue weighted by atomic mass is 16.2. The normalized spacial score (nSPS) is 15.4. The average Bonchev–Trinajstić information content (AvgIpc) is 3.80. The summed E-state index contributed by atoms with van der Waals surface area (Å²) in [5, 5.41) is 9.29. The van der Waals surface area contributed by atoms with E-state index in [1.165, 1.54) is 0 Å². The van der Waals surface area contributed by atoms with Crippen LogP contribution in [0.5, 0.6) is 0 Å². The molecule has 2 atom stereocenters. The van der Waals surface area contributed by atoms with Crippen molar-refractivity contribution in [3.8, 4) is 0 Å². The third-order valence-corrected chi connectivity index (χ3v) is 7.26. The number of likely N-dealkylation sites (tertiary alicyclic amines) is 1. The number of amides is 3. The molecule has 222 valence electrons. The number of aromatic amines is 2. The van der Waals surface area contributed by atoms with E-state index in [1.807, 2.05) is 67.6 Å². The number of anilines is 2. The van der Waals surface area contributed by atoms with Gasteiger partial charge in [0.15, 0.2) is 0 Å². The van der Waals surface area contributed by atoms with E-state index in [-0.39, 0.29) is 36.6 Å². The molecule has 11 heteroatoms. The second-order valence-electron chi connectivity index (χ2n) is 10.7. The second kappa shape index (κ2) is 14.1. The van der Waals surface area contributed by atoms with Crippen molar-refractivity contribution < 1.29 is 14.4 Å². The summed E-state index contributed by atoms with van der Waals surface area (Å²) in [6, 6.07) is 15.2. The second-order valence-corrected chi connectivity index (χ2v) is 10.7. The van der Waals surface area contributed by atoms with E-state index >= 15 is 0 Å². The van der Waals surface area contributed by atoms with E-state index in [9.17, 15) is 14.4 Å². The number of H-pyrrole nitrogens is 2. The zero-order valence-corrected chi connectivity index (χ0v) is 24.0. The Balaban J connectivity index is 1.06. The van der Waals surface area contributed by atoms with Crippen molar-refractivity contribution in [2.24, 2.45) is 0 Å². The molecule has 0 bridgehead atoms. The number of hydrogen-bond acceptors (Lipinski definition) is 6.